The smallest absolute Gasteiger partial charge is 0.330 e. The minimum absolute atomic E-state index is 0.246. The van der Waals surface area contributed by atoms with Gasteiger partial charge in [0.05, 0.1) is 19.3 Å². The Morgan fingerprint density at radius 2 is 2.22 bits per heavy atom. The van der Waals surface area contributed by atoms with Crippen molar-refractivity contribution in [2.24, 2.45) is 5.92 Å². The second-order valence-electron chi connectivity index (χ2n) is 4.34. The average Bonchev–Trinajstić information content (AvgIpc) is 3.20. The standard InChI is InChI=1S/C15H18O3/c1-2-17-15(16)9-8-13(14-11-18-14)10-12-6-4-3-5-7-12/h3-9,13-14H,2,10-11H2,1H3/b9-8+/t13-,14-/m0/s1. The molecule has 1 aromatic rings. The van der Waals surface area contributed by atoms with Crippen molar-refractivity contribution >= 4 is 5.97 Å². The normalized spacial score (nSPS) is 19.7. The maximum absolute atomic E-state index is 11.3. The Balaban J connectivity index is 1.94. The molecule has 1 fully saturated rings. The van der Waals surface area contributed by atoms with Crippen LogP contribution in [0.4, 0.5) is 0 Å². The summed E-state index contributed by atoms with van der Waals surface area (Å²) in [5.74, 6) is -0.0342. The van der Waals surface area contributed by atoms with Crippen LogP contribution < -0.4 is 0 Å². The molecule has 1 heterocycles. The third kappa shape index (κ3) is 4.00. The van der Waals surface area contributed by atoms with Gasteiger partial charge < -0.3 is 9.47 Å². The second-order valence-corrected chi connectivity index (χ2v) is 4.34. The molecule has 3 heteroatoms. The van der Waals surface area contributed by atoms with E-state index in [9.17, 15) is 4.79 Å². The van der Waals surface area contributed by atoms with Crippen molar-refractivity contribution in [3.05, 3.63) is 48.0 Å². The summed E-state index contributed by atoms with van der Waals surface area (Å²) in [5.41, 5.74) is 1.26. The molecule has 0 bridgehead atoms. The summed E-state index contributed by atoms with van der Waals surface area (Å²) in [6.45, 7) is 2.99. The van der Waals surface area contributed by atoms with E-state index in [1.54, 1.807) is 6.92 Å². The molecule has 0 aromatic heterocycles. The van der Waals surface area contributed by atoms with E-state index in [1.165, 1.54) is 11.6 Å². The molecule has 0 saturated carbocycles. The Morgan fingerprint density at radius 1 is 1.50 bits per heavy atom. The fourth-order valence-corrected chi connectivity index (χ4v) is 1.90. The molecule has 1 aromatic carbocycles. The number of rotatable bonds is 6. The first-order valence-electron chi connectivity index (χ1n) is 6.30. The first-order chi connectivity index (χ1) is 8.79. The maximum Gasteiger partial charge on any atom is 0.330 e. The minimum atomic E-state index is -0.281. The van der Waals surface area contributed by atoms with Crippen molar-refractivity contribution in [2.45, 2.75) is 19.4 Å². The molecule has 2 atom stereocenters. The van der Waals surface area contributed by atoms with Crippen molar-refractivity contribution in [1.29, 1.82) is 0 Å². The largest absolute Gasteiger partial charge is 0.463 e. The van der Waals surface area contributed by atoms with Crippen LogP contribution >= 0.6 is 0 Å². The number of carbonyl (C=O) groups excluding carboxylic acids is 1. The van der Waals surface area contributed by atoms with E-state index in [2.05, 4.69) is 12.1 Å². The van der Waals surface area contributed by atoms with E-state index in [1.807, 2.05) is 24.3 Å². The highest BCUT2D eigenvalue weighted by Crippen LogP contribution is 2.25. The zero-order valence-corrected chi connectivity index (χ0v) is 10.5. The molecule has 0 spiro atoms. The van der Waals surface area contributed by atoms with Gasteiger partial charge in [-0.2, -0.15) is 0 Å². The van der Waals surface area contributed by atoms with Gasteiger partial charge in [-0.1, -0.05) is 36.4 Å². The van der Waals surface area contributed by atoms with Gasteiger partial charge in [0.25, 0.3) is 0 Å². The highest BCUT2D eigenvalue weighted by molar-refractivity contribution is 5.81. The van der Waals surface area contributed by atoms with Crippen molar-refractivity contribution in [2.75, 3.05) is 13.2 Å². The number of ether oxygens (including phenoxy) is 2. The summed E-state index contributed by atoms with van der Waals surface area (Å²) >= 11 is 0. The van der Waals surface area contributed by atoms with Crippen LogP contribution in [0.25, 0.3) is 0 Å². The first-order valence-corrected chi connectivity index (χ1v) is 6.30. The van der Waals surface area contributed by atoms with Crippen LogP contribution in [-0.2, 0) is 20.7 Å². The molecule has 18 heavy (non-hydrogen) atoms. The highest BCUT2D eigenvalue weighted by atomic mass is 16.6. The molecular formula is C15H18O3. The fraction of sp³-hybridized carbons (Fsp3) is 0.400. The lowest BCUT2D eigenvalue weighted by atomic mass is 9.96. The lowest BCUT2D eigenvalue weighted by Gasteiger charge is -2.09. The summed E-state index contributed by atoms with van der Waals surface area (Å²) in [4.78, 5) is 11.3. The Labute approximate surface area is 107 Å². The molecule has 1 saturated heterocycles. The lowest BCUT2D eigenvalue weighted by Crippen LogP contribution is -2.10. The molecule has 0 N–H and O–H groups in total. The summed E-state index contributed by atoms with van der Waals surface area (Å²) in [7, 11) is 0. The van der Waals surface area contributed by atoms with Gasteiger partial charge >= 0.3 is 5.97 Å². The van der Waals surface area contributed by atoms with Crippen molar-refractivity contribution in [3.8, 4) is 0 Å². The quantitative estimate of drug-likeness (QED) is 0.439. The molecule has 0 aliphatic carbocycles. The molecule has 0 amide bonds. The van der Waals surface area contributed by atoms with Crippen LogP contribution in [0.15, 0.2) is 42.5 Å². The van der Waals surface area contributed by atoms with Crippen LogP contribution in [0.5, 0.6) is 0 Å². The van der Waals surface area contributed by atoms with Crippen molar-refractivity contribution < 1.29 is 14.3 Å². The summed E-state index contributed by atoms with van der Waals surface area (Å²) in [6, 6.07) is 10.2. The number of benzene rings is 1. The van der Waals surface area contributed by atoms with Crippen LogP contribution in [0, 0.1) is 5.92 Å². The first kappa shape index (κ1) is 12.8. The molecule has 1 aliphatic rings. The van der Waals surface area contributed by atoms with Crippen LogP contribution in [0.2, 0.25) is 0 Å². The Hall–Kier alpha value is -1.61. The fourth-order valence-electron chi connectivity index (χ4n) is 1.90. The van der Waals surface area contributed by atoms with Gasteiger partial charge in [0.1, 0.15) is 0 Å². The molecule has 0 unspecified atom stereocenters. The zero-order chi connectivity index (χ0) is 12.8. The second kappa shape index (κ2) is 6.36. The third-order valence-corrected chi connectivity index (χ3v) is 2.92. The summed E-state index contributed by atoms with van der Waals surface area (Å²) in [5, 5.41) is 0. The van der Waals surface area contributed by atoms with Crippen LogP contribution in [0.1, 0.15) is 12.5 Å². The predicted octanol–water partition coefficient (Wildman–Crippen LogP) is 2.36. The number of hydrogen-bond donors (Lipinski definition) is 0. The molecule has 2 rings (SSSR count). The number of hydrogen-bond acceptors (Lipinski definition) is 3. The molecule has 1 aliphatic heterocycles. The van der Waals surface area contributed by atoms with Gasteiger partial charge in [-0.05, 0) is 18.9 Å². The van der Waals surface area contributed by atoms with Gasteiger partial charge in [0.2, 0.25) is 0 Å². The van der Waals surface area contributed by atoms with Gasteiger partial charge in [-0.25, -0.2) is 4.79 Å². The summed E-state index contributed by atoms with van der Waals surface area (Å²) < 4.78 is 10.2. The Kier molecular flexibility index (Phi) is 4.53. The zero-order valence-electron chi connectivity index (χ0n) is 10.5. The molecular weight excluding hydrogens is 228 g/mol. The van der Waals surface area contributed by atoms with E-state index >= 15 is 0 Å². The highest BCUT2D eigenvalue weighted by Gasteiger charge is 2.31. The number of esters is 1. The van der Waals surface area contributed by atoms with Crippen molar-refractivity contribution in [3.63, 3.8) is 0 Å². The third-order valence-electron chi connectivity index (χ3n) is 2.92. The van der Waals surface area contributed by atoms with Gasteiger partial charge in [-0.3, -0.25) is 0 Å². The molecule has 0 radical (unpaired) electrons. The van der Waals surface area contributed by atoms with Crippen LogP contribution in [-0.4, -0.2) is 25.3 Å². The Morgan fingerprint density at radius 3 is 2.83 bits per heavy atom. The predicted molar refractivity (Wildman–Crippen MR) is 69.1 cm³/mol. The van der Waals surface area contributed by atoms with Crippen molar-refractivity contribution in [1.82, 2.24) is 0 Å². The average molecular weight is 246 g/mol. The molecule has 3 nitrogen and oxygen atoms in total. The van der Waals surface area contributed by atoms with E-state index in [4.69, 9.17) is 9.47 Å². The lowest BCUT2D eigenvalue weighted by molar-refractivity contribution is -0.137. The van der Waals surface area contributed by atoms with Gasteiger partial charge in [0, 0.05) is 12.0 Å². The van der Waals surface area contributed by atoms with Gasteiger partial charge in [-0.15, -0.1) is 0 Å². The summed E-state index contributed by atoms with van der Waals surface area (Å²) in [6.07, 6.45) is 4.55. The SMILES string of the molecule is CCOC(=O)/C=C/[C@@H](Cc1ccccc1)[C@@H]1CO1. The number of epoxide rings is 1. The molecule has 96 valence electrons. The monoisotopic (exact) mass is 246 g/mol. The van der Waals surface area contributed by atoms with E-state index < -0.39 is 0 Å². The van der Waals surface area contributed by atoms with E-state index in [0.29, 0.717) is 6.61 Å². The van der Waals surface area contributed by atoms with E-state index in [0.717, 1.165) is 13.0 Å². The van der Waals surface area contributed by atoms with Crippen LogP contribution in [0.3, 0.4) is 0 Å². The van der Waals surface area contributed by atoms with Gasteiger partial charge in [0.15, 0.2) is 0 Å². The maximum atomic E-state index is 11.3. The number of carbonyl (C=O) groups is 1. The minimum Gasteiger partial charge on any atom is -0.463 e. The Bertz CT molecular complexity index is 407. The van der Waals surface area contributed by atoms with E-state index in [-0.39, 0.29) is 18.0 Å². The topological polar surface area (TPSA) is 38.8 Å².